The molecule has 7 heteroatoms. The van der Waals surface area contributed by atoms with E-state index in [4.69, 9.17) is 14.2 Å². The second kappa shape index (κ2) is 6.19. The number of carbonyl (C=O) groups is 1. The third kappa shape index (κ3) is 2.76. The number of methoxy groups -OCH3 is 2. The van der Waals surface area contributed by atoms with Gasteiger partial charge in [-0.2, -0.15) is 0 Å². The van der Waals surface area contributed by atoms with Gasteiger partial charge in [0.2, 0.25) is 0 Å². The summed E-state index contributed by atoms with van der Waals surface area (Å²) in [5.74, 6) is 0.762. The summed E-state index contributed by atoms with van der Waals surface area (Å²) in [5.41, 5.74) is 1.51. The topological polar surface area (TPSA) is 87.9 Å². The molecular formula is C17H15NO6. The predicted octanol–water partition coefficient (Wildman–Crippen LogP) is 3.05. The van der Waals surface area contributed by atoms with Crippen molar-refractivity contribution in [1.29, 1.82) is 0 Å². The highest BCUT2D eigenvalue weighted by atomic mass is 16.6. The third-order valence-corrected chi connectivity index (χ3v) is 3.98. The molecule has 2 aromatic rings. The number of benzene rings is 2. The number of nitro benzene ring substituents is 1. The molecule has 24 heavy (non-hydrogen) atoms. The highest BCUT2D eigenvalue weighted by Gasteiger charge is 2.32. The van der Waals surface area contributed by atoms with Gasteiger partial charge in [0.25, 0.3) is 5.69 Å². The highest BCUT2D eigenvalue weighted by Crippen LogP contribution is 2.46. The van der Waals surface area contributed by atoms with Crippen molar-refractivity contribution in [2.45, 2.75) is 12.3 Å². The minimum absolute atomic E-state index is 0.000875. The molecule has 0 aromatic heterocycles. The monoisotopic (exact) mass is 329 g/mol. The summed E-state index contributed by atoms with van der Waals surface area (Å²) in [6, 6.07) is 9.49. The molecule has 0 spiro atoms. The summed E-state index contributed by atoms with van der Waals surface area (Å²) in [6.45, 7) is 0. The summed E-state index contributed by atoms with van der Waals surface area (Å²) >= 11 is 0. The van der Waals surface area contributed by atoms with Gasteiger partial charge in [-0.25, -0.2) is 0 Å². The molecule has 1 aliphatic heterocycles. The fourth-order valence-electron chi connectivity index (χ4n) is 2.84. The molecule has 0 N–H and O–H groups in total. The van der Waals surface area contributed by atoms with E-state index >= 15 is 0 Å². The minimum atomic E-state index is -0.460. The number of nitrogens with zero attached hydrogens (tertiary/aromatic N) is 1. The number of hydrogen-bond acceptors (Lipinski definition) is 6. The van der Waals surface area contributed by atoms with E-state index in [0.717, 1.165) is 11.1 Å². The van der Waals surface area contributed by atoms with Crippen LogP contribution >= 0.6 is 0 Å². The highest BCUT2D eigenvalue weighted by molar-refractivity contribution is 5.79. The van der Waals surface area contributed by atoms with Crippen molar-refractivity contribution in [2.24, 2.45) is 0 Å². The van der Waals surface area contributed by atoms with Crippen LogP contribution in [0.5, 0.6) is 17.2 Å². The SMILES string of the molecule is COc1cc(OC)c2c(c1)OC(=O)CC2c1ccc([N+](=O)[O-])cc1. The summed E-state index contributed by atoms with van der Waals surface area (Å²) in [7, 11) is 3.04. The van der Waals surface area contributed by atoms with Gasteiger partial charge >= 0.3 is 5.97 Å². The lowest BCUT2D eigenvalue weighted by Crippen LogP contribution is -2.21. The maximum Gasteiger partial charge on any atom is 0.312 e. The van der Waals surface area contributed by atoms with Gasteiger partial charge in [-0.15, -0.1) is 0 Å². The largest absolute Gasteiger partial charge is 0.496 e. The van der Waals surface area contributed by atoms with Crippen molar-refractivity contribution >= 4 is 11.7 Å². The zero-order chi connectivity index (χ0) is 17.3. The molecule has 0 saturated carbocycles. The number of nitro groups is 1. The molecule has 1 aliphatic rings. The minimum Gasteiger partial charge on any atom is -0.496 e. The van der Waals surface area contributed by atoms with Gasteiger partial charge in [-0.3, -0.25) is 14.9 Å². The molecule has 0 amide bonds. The molecule has 0 bridgehead atoms. The number of hydrogen-bond donors (Lipinski definition) is 0. The quantitative estimate of drug-likeness (QED) is 0.371. The van der Waals surface area contributed by atoms with Crippen molar-refractivity contribution in [3.8, 4) is 17.2 Å². The smallest absolute Gasteiger partial charge is 0.312 e. The van der Waals surface area contributed by atoms with Crippen LogP contribution in [0.4, 0.5) is 5.69 Å². The van der Waals surface area contributed by atoms with Crippen LogP contribution in [0, 0.1) is 10.1 Å². The van der Waals surface area contributed by atoms with E-state index in [1.54, 1.807) is 24.3 Å². The molecule has 2 aromatic carbocycles. The lowest BCUT2D eigenvalue weighted by molar-refractivity contribution is -0.384. The van der Waals surface area contributed by atoms with Crippen LogP contribution in [0.2, 0.25) is 0 Å². The van der Waals surface area contributed by atoms with Crippen LogP contribution in [-0.4, -0.2) is 25.1 Å². The van der Waals surface area contributed by atoms with Gasteiger partial charge in [0.15, 0.2) is 0 Å². The Morgan fingerprint density at radius 1 is 1.17 bits per heavy atom. The zero-order valence-corrected chi connectivity index (χ0v) is 13.1. The lowest BCUT2D eigenvalue weighted by Gasteiger charge is -2.27. The van der Waals surface area contributed by atoms with E-state index in [2.05, 4.69) is 0 Å². The molecule has 0 aliphatic carbocycles. The van der Waals surface area contributed by atoms with Crippen LogP contribution < -0.4 is 14.2 Å². The van der Waals surface area contributed by atoms with E-state index < -0.39 is 4.92 Å². The molecule has 1 unspecified atom stereocenters. The second-order valence-corrected chi connectivity index (χ2v) is 5.32. The maximum absolute atomic E-state index is 12.0. The molecule has 1 atom stereocenters. The van der Waals surface area contributed by atoms with Gasteiger partial charge in [0.1, 0.15) is 17.2 Å². The molecular weight excluding hydrogens is 314 g/mol. The van der Waals surface area contributed by atoms with E-state index in [1.165, 1.54) is 26.4 Å². The Bertz CT molecular complexity index is 799. The van der Waals surface area contributed by atoms with Crippen LogP contribution in [0.3, 0.4) is 0 Å². The Morgan fingerprint density at radius 2 is 1.88 bits per heavy atom. The van der Waals surface area contributed by atoms with Crippen LogP contribution in [0.15, 0.2) is 36.4 Å². The van der Waals surface area contributed by atoms with Gasteiger partial charge in [-0.05, 0) is 5.56 Å². The number of non-ortho nitro benzene ring substituents is 1. The number of esters is 1. The van der Waals surface area contributed by atoms with E-state index in [9.17, 15) is 14.9 Å². The Kier molecular flexibility index (Phi) is 4.07. The Labute approximate surface area is 137 Å². The average Bonchev–Trinajstić information content (AvgIpc) is 2.59. The summed E-state index contributed by atoms with van der Waals surface area (Å²) < 4.78 is 15.9. The fourth-order valence-corrected chi connectivity index (χ4v) is 2.84. The van der Waals surface area contributed by atoms with E-state index in [0.29, 0.717) is 17.2 Å². The Morgan fingerprint density at radius 3 is 2.46 bits per heavy atom. The summed E-state index contributed by atoms with van der Waals surface area (Å²) in [5, 5.41) is 10.8. The number of rotatable bonds is 4. The van der Waals surface area contributed by atoms with Gasteiger partial charge in [0, 0.05) is 35.7 Å². The van der Waals surface area contributed by atoms with Gasteiger partial charge in [-0.1, -0.05) is 12.1 Å². The van der Waals surface area contributed by atoms with Gasteiger partial charge < -0.3 is 14.2 Å². The van der Waals surface area contributed by atoms with Crippen molar-refractivity contribution in [3.05, 3.63) is 57.6 Å². The van der Waals surface area contributed by atoms with Crippen molar-refractivity contribution < 1.29 is 23.9 Å². The predicted molar refractivity (Wildman–Crippen MR) is 84.7 cm³/mol. The first-order chi connectivity index (χ1) is 11.5. The van der Waals surface area contributed by atoms with Crippen LogP contribution in [0.1, 0.15) is 23.5 Å². The molecule has 7 nitrogen and oxygen atoms in total. The molecule has 1 heterocycles. The van der Waals surface area contributed by atoms with Crippen LogP contribution in [0.25, 0.3) is 0 Å². The standard InChI is InChI=1S/C17H15NO6/c1-22-12-7-14(23-2)17-13(9-16(19)24-15(17)8-12)10-3-5-11(6-4-10)18(20)21/h3-8,13H,9H2,1-2H3. The zero-order valence-electron chi connectivity index (χ0n) is 13.1. The molecule has 124 valence electrons. The van der Waals surface area contributed by atoms with Crippen molar-refractivity contribution in [3.63, 3.8) is 0 Å². The first-order valence-electron chi connectivity index (χ1n) is 7.24. The Hall–Kier alpha value is -3.09. The molecule has 3 rings (SSSR count). The summed E-state index contributed by atoms with van der Waals surface area (Å²) in [4.78, 5) is 22.3. The lowest BCUT2D eigenvalue weighted by atomic mass is 9.85. The fraction of sp³-hybridized carbons (Fsp3) is 0.235. The molecule has 0 radical (unpaired) electrons. The van der Waals surface area contributed by atoms with Crippen molar-refractivity contribution in [1.82, 2.24) is 0 Å². The first kappa shape index (κ1) is 15.8. The van der Waals surface area contributed by atoms with Crippen molar-refractivity contribution in [2.75, 3.05) is 14.2 Å². The van der Waals surface area contributed by atoms with Gasteiger partial charge in [0.05, 0.1) is 25.6 Å². The third-order valence-electron chi connectivity index (χ3n) is 3.98. The Balaban J connectivity index is 2.10. The number of ether oxygens (including phenoxy) is 3. The summed E-state index contributed by atoms with van der Waals surface area (Å²) in [6.07, 6.45) is 0.132. The normalized spacial score (nSPS) is 16.1. The number of carbonyl (C=O) groups excluding carboxylic acids is 1. The second-order valence-electron chi connectivity index (χ2n) is 5.32. The maximum atomic E-state index is 12.0. The van der Waals surface area contributed by atoms with E-state index in [1.807, 2.05) is 0 Å². The van der Waals surface area contributed by atoms with Crippen LogP contribution in [-0.2, 0) is 4.79 Å². The average molecular weight is 329 g/mol. The molecule has 0 fully saturated rings. The van der Waals surface area contributed by atoms with E-state index in [-0.39, 0.29) is 24.0 Å². The first-order valence-corrected chi connectivity index (χ1v) is 7.24. The molecule has 0 saturated heterocycles. The number of fused-ring (bicyclic) bond motifs is 1.